The summed E-state index contributed by atoms with van der Waals surface area (Å²) in [5.74, 6) is -0.618. The minimum absolute atomic E-state index is 0.0510. The van der Waals surface area contributed by atoms with Gasteiger partial charge in [0.25, 0.3) is 0 Å². The molecule has 126 valence electrons. The Balaban J connectivity index is 3.31. The second-order valence-electron chi connectivity index (χ2n) is 5.07. The number of esters is 1. The van der Waals surface area contributed by atoms with Crippen molar-refractivity contribution in [2.45, 2.75) is 26.8 Å². The maximum atomic E-state index is 12.3. The van der Waals surface area contributed by atoms with Gasteiger partial charge in [-0.1, -0.05) is 13.8 Å². The molecule has 2 amide bonds. The smallest absolute Gasteiger partial charge is 0.337 e. The largest absolute Gasteiger partial charge is 0.463 e. The van der Waals surface area contributed by atoms with E-state index in [9.17, 15) is 14.2 Å². The number of rotatable bonds is 7. The summed E-state index contributed by atoms with van der Waals surface area (Å²) in [7, 11) is -0.942. The molecule has 0 aromatic rings. The number of ether oxygens (including phenoxy) is 1. The van der Waals surface area contributed by atoms with Crippen molar-refractivity contribution in [1.82, 2.24) is 10.6 Å². The number of allylic oxidation sites excluding steroid dienone is 1. The fourth-order valence-corrected chi connectivity index (χ4v) is 3.17. The normalized spacial score (nSPS) is 19.0. The molecule has 0 bridgehead atoms. The zero-order valence-corrected chi connectivity index (χ0v) is 14.4. The summed E-state index contributed by atoms with van der Waals surface area (Å²) in [4.78, 5) is 24.0. The number of urea groups is 1. The molecule has 22 heavy (non-hydrogen) atoms. The molecule has 0 fully saturated rings. The summed E-state index contributed by atoms with van der Waals surface area (Å²) in [5, 5.41) is 5.19. The molecule has 0 saturated heterocycles. The summed E-state index contributed by atoms with van der Waals surface area (Å²) >= 11 is 0. The molecule has 1 rings (SSSR count). The van der Waals surface area contributed by atoms with Crippen LogP contribution in [0.15, 0.2) is 11.3 Å². The molecule has 2 N–H and O–H groups in total. The molecule has 0 radical (unpaired) electrons. The summed E-state index contributed by atoms with van der Waals surface area (Å²) in [5.41, 5.74) is 0.443. The van der Waals surface area contributed by atoms with E-state index in [2.05, 4.69) is 10.6 Å². The third kappa shape index (κ3) is 4.32. The fraction of sp³-hybridized carbons (Fsp3) is 0.692. The number of carbonyl (C=O) groups excluding carboxylic acids is 2. The van der Waals surface area contributed by atoms with Crippen LogP contribution in [0.1, 0.15) is 20.8 Å². The van der Waals surface area contributed by atoms with E-state index in [0.717, 1.165) is 0 Å². The first kappa shape index (κ1) is 18.7. The van der Waals surface area contributed by atoms with Crippen molar-refractivity contribution >= 4 is 19.6 Å². The number of carbonyl (C=O) groups is 2. The fourth-order valence-electron chi connectivity index (χ4n) is 2.12. The molecule has 1 heterocycles. The van der Waals surface area contributed by atoms with Crippen LogP contribution in [0.4, 0.5) is 4.79 Å². The van der Waals surface area contributed by atoms with Gasteiger partial charge in [0.05, 0.1) is 24.4 Å². The summed E-state index contributed by atoms with van der Waals surface area (Å²) in [6.07, 6.45) is -0.217. The first-order valence-electron chi connectivity index (χ1n) is 6.96. The minimum Gasteiger partial charge on any atom is -0.463 e. The van der Waals surface area contributed by atoms with Gasteiger partial charge in [0.2, 0.25) is 0 Å². The van der Waals surface area contributed by atoms with Crippen LogP contribution in [0, 0.1) is 5.92 Å². The van der Waals surface area contributed by atoms with Crippen molar-refractivity contribution in [2.75, 3.05) is 27.0 Å². The van der Waals surface area contributed by atoms with Gasteiger partial charge in [-0.2, -0.15) is 0 Å². The highest BCUT2D eigenvalue weighted by Crippen LogP contribution is 2.48. The Labute approximate surface area is 130 Å². The van der Waals surface area contributed by atoms with Crippen molar-refractivity contribution in [3.8, 4) is 0 Å². The maximum Gasteiger partial charge on any atom is 0.337 e. The zero-order chi connectivity index (χ0) is 16.9. The topological polar surface area (TPSA) is 103 Å². The van der Waals surface area contributed by atoms with Crippen LogP contribution >= 0.6 is 7.60 Å². The highest BCUT2D eigenvalue weighted by atomic mass is 31.2. The number of hydrogen-bond acceptors (Lipinski definition) is 6. The Morgan fingerprint density at radius 1 is 1.32 bits per heavy atom. The monoisotopic (exact) mass is 334 g/mol. The van der Waals surface area contributed by atoms with Crippen LogP contribution in [0.5, 0.6) is 0 Å². The minimum atomic E-state index is -3.44. The van der Waals surface area contributed by atoms with Gasteiger partial charge >= 0.3 is 19.6 Å². The molecule has 0 saturated carbocycles. The van der Waals surface area contributed by atoms with Crippen LogP contribution in [0.2, 0.25) is 0 Å². The van der Waals surface area contributed by atoms with Gasteiger partial charge in [-0.25, -0.2) is 9.59 Å². The molecule has 1 aliphatic rings. The predicted molar refractivity (Wildman–Crippen MR) is 80.4 cm³/mol. The first-order chi connectivity index (χ1) is 10.3. The van der Waals surface area contributed by atoms with Crippen LogP contribution in [0.25, 0.3) is 0 Å². The van der Waals surface area contributed by atoms with Gasteiger partial charge in [-0.3, -0.25) is 4.57 Å². The molecule has 1 aliphatic heterocycles. The van der Waals surface area contributed by atoms with E-state index >= 15 is 0 Å². The van der Waals surface area contributed by atoms with Gasteiger partial charge in [0.1, 0.15) is 0 Å². The molecule has 9 heteroatoms. The summed E-state index contributed by atoms with van der Waals surface area (Å²) < 4.78 is 27.1. The van der Waals surface area contributed by atoms with Crippen LogP contribution < -0.4 is 10.6 Å². The van der Waals surface area contributed by atoms with E-state index in [1.165, 1.54) is 14.2 Å². The van der Waals surface area contributed by atoms with Gasteiger partial charge in [-0.15, -0.1) is 0 Å². The molecule has 0 aliphatic carbocycles. The Hall–Kier alpha value is -1.37. The quantitative estimate of drug-likeness (QED) is 0.542. The Bertz CT molecular complexity index is 509. The van der Waals surface area contributed by atoms with Gasteiger partial charge < -0.3 is 24.4 Å². The molecule has 0 aromatic carbocycles. The maximum absolute atomic E-state index is 12.3. The van der Waals surface area contributed by atoms with Crippen molar-refractivity contribution in [3.05, 3.63) is 11.3 Å². The van der Waals surface area contributed by atoms with E-state index in [1.54, 1.807) is 6.92 Å². The average Bonchev–Trinajstić information content (AvgIpc) is 2.46. The summed E-state index contributed by atoms with van der Waals surface area (Å²) in [6, 6.07) is -1.01. The van der Waals surface area contributed by atoms with Crippen molar-refractivity contribution in [1.29, 1.82) is 0 Å². The highest BCUT2D eigenvalue weighted by Gasteiger charge is 2.37. The number of amides is 2. The highest BCUT2D eigenvalue weighted by molar-refractivity contribution is 7.54. The molecule has 0 aromatic heterocycles. The van der Waals surface area contributed by atoms with Gasteiger partial charge in [0.15, 0.2) is 0 Å². The molecular formula is C13H23N2O6P. The van der Waals surface area contributed by atoms with E-state index in [0.29, 0.717) is 0 Å². The number of hydrogen-bond donors (Lipinski definition) is 2. The second-order valence-corrected chi connectivity index (χ2v) is 7.34. The predicted octanol–water partition coefficient (Wildman–Crippen LogP) is 1.63. The zero-order valence-electron chi connectivity index (χ0n) is 13.5. The molecule has 1 unspecified atom stereocenters. The van der Waals surface area contributed by atoms with Crippen LogP contribution in [-0.4, -0.2) is 45.0 Å². The van der Waals surface area contributed by atoms with E-state index in [-0.39, 0.29) is 30.0 Å². The Morgan fingerprint density at radius 3 is 2.36 bits per heavy atom. The van der Waals surface area contributed by atoms with Crippen LogP contribution in [-0.2, 0) is 23.1 Å². The average molecular weight is 334 g/mol. The standard InChI is InChI=1S/C13H23N2O6P/c1-6-21-12(16)10-9(7-22(18,19-4)20-5)14-13(17)15-11(10)8(2)3/h8,11H,6-7H2,1-5H3,(H2,14,15,17). The van der Waals surface area contributed by atoms with Crippen molar-refractivity contribution < 1.29 is 27.9 Å². The second kappa shape index (κ2) is 7.76. The molecular weight excluding hydrogens is 311 g/mol. The van der Waals surface area contributed by atoms with E-state index in [1.807, 2.05) is 13.8 Å². The van der Waals surface area contributed by atoms with Crippen molar-refractivity contribution in [2.24, 2.45) is 5.92 Å². The van der Waals surface area contributed by atoms with Gasteiger partial charge in [0, 0.05) is 19.9 Å². The summed E-state index contributed by atoms with van der Waals surface area (Å²) in [6.45, 7) is 5.60. The Kier molecular flexibility index (Phi) is 6.59. The number of nitrogens with one attached hydrogen (secondary N) is 2. The lowest BCUT2D eigenvalue weighted by Crippen LogP contribution is -2.53. The first-order valence-corrected chi connectivity index (χ1v) is 8.69. The van der Waals surface area contributed by atoms with Crippen LogP contribution in [0.3, 0.4) is 0 Å². The van der Waals surface area contributed by atoms with Crippen molar-refractivity contribution in [3.63, 3.8) is 0 Å². The molecule has 8 nitrogen and oxygen atoms in total. The third-order valence-corrected chi connectivity index (χ3v) is 5.07. The van der Waals surface area contributed by atoms with E-state index < -0.39 is 25.6 Å². The molecule has 0 spiro atoms. The lowest BCUT2D eigenvalue weighted by Gasteiger charge is -2.32. The lowest BCUT2D eigenvalue weighted by atomic mass is 9.93. The molecule has 1 atom stereocenters. The lowest BCUT2D eigenvalue weighted by molar-refractivity contribution is -0.139. The van der Waals surface area contributed by atoms with E-state index in [4.69, 9.17) is 13.8 Å². The Morgan fingerprint density at radius 2 is 1.91 bits per heavy atom. The van der Waals surface area contributed by atoms with Gasteiger partial charge in [-0.05, 0) is 12.8 Å². The third-order valence-electron chi connectivity index (χ3n) is 3.26. The SMILES string of the molecule is CCOC(=O)C1=C(CP(=O)(OC)OC)NC(=O)NC1C(C)C.